The van der Waals surface area contributed by atoms with Crippen LogP contribution in [0, 0.1) is 12.7 Å². The Morgan fingerprint density at radius 1 is 1.09 bits per heavy atom. The van der Waals surface area contributed by atoms with E-state index in [1.807, 2.05) is 19.1 Å². The molecule has 1 heterocycles. The summed E-state index contributed by atoms with van der Waals surface area (Å²) in [7, 11) is 0. The van der Waals surface area contributed by atoms with Gasteiger partial charge in [0.1, 0.15) is 5.82 Å². The molecular weight excluding hydrogens is 279 g/mol. The van der Waals surface area contributed by atoms with E-state index in [9.17, 15) is 9.18 Å². The van der Waals surface area contributed by atoms with E-state index in [0.29, 0.717) is 5.56 Å². The first kappa shape index (κ1) is 14.6. The summed E-state index contributed by atoms with van der Waals surface area (Å²) in [6.07, 6.45) is 2.43. The van der Waals surface area contributed by atoms with Gasteiger partial charge in [0.25, 0.3) is 5.91 Å². The normalized spacial score (nSPS) is 14.2. The zero-order valence-electron chi connectivity index (χ0n) is 12.6. The molecule has 0 unspecified atom stereocenters. The number of carbonyl (C=O) groups excluding carboxylic acids is 1. The molecule has 0 aliphatic carbocycles. The summed E-state index contributed by atoms with van der Waals surface area (Å²) in [5.74, 6) is -0.564. The van der Waals surface area contributed by atoms with Crippen molar-refractivity contribution >= 4 is 17.3 Å². The summed E-state index contributed by atoms with van der Waals surface area (Å²) in [6.45, 7) is 4.09. The summed E-state index contributed by atoms with van der Waals surface area (Å²) < 4.78 is 12.9. The van der Waals surface area contributed by atoms with Crippen LogP contribution < -0.4 is 10.2 Å². The van der Waals surface area contributed by atoms with Gasteiger partial charge < -0.3 is 10.2 Å². The number of nitrogens with zero attached hydrogens (tertiary/aromatic N) is 1. The molecule has 0 spiro atoms. The Morgan fingerprint density at radius 2 is 1.77 bits per heavy atom. The Hall–Kier alpha value is -2.36. The molecule has 0 aromatic heterocycles. The van der Waals surface area contributed by atoms with Gasteiger partial charge in [0.15, 0.2) is 0 Å². The van der Waals surface area contributed by atoms with E-state index in [4.69, 9.17) is 0 Å². The lowest BCUT2D eigenvalue weighted by Crippen LogP contribution is -2.18. The van der Waals surface area contributed by atoms with Crippen LogP contribution in [0.5, 0.6) is 0 Å². The topological polar surface area (TPSA) is 32.3 Å². The predicted molar refractivity (Wildman–Crippen MR) is 87.0 cm³/mol. The van der Waals surface area contributed by atoms with Gasteiger partial charge in [0.2, 0.25) is 0 Å². The predicted octanol–water partition coefficient (Wildman–Crippen LogP) is 3.99. The smallest absolute Gasteiger partial charge is 0.255 e. The molecule has 1 saturated heterocycles. The molecule has 2 aromatic carbocycles. The van der Waals surface area contributed by atoms with Gasteiger partial charge in [-0.1, -0.05) is 6.07 Å². The average molecular weight is 298 g/mol. The van der Waals surface area contributed by atoms with Crippen molar-refractivity contribution in [3.63, 3.8) is 0 Å². The van der Waals surface area contributed by atoms with E-state index in [1.54, 1.807) is 0 Å². The molecule has 0 atom stereocenters. The number of nitrogens with one attached hydrogen (secondary N) is 1. The lowest BCUT2D eigenvalue weighted by atomic mass is 10.1. The highest BCUT2D eigenvalue weighted by molar-refractivity contribution is 6.04. The van der Waals surface area contributed by atoms with Gasteiger partial charge in [0, 0.05) is 30.0 Å². The lowest BCUT2D eigenvalue weighted by Gasteiger charge is -2.19. The van der Waals surface area contributed by atoms with E-state index in [-0.39, 0.29) is 11.7 Å². The second-order valence-electron chi connectivity index (χ2n) is 5.65. The number of anilines is 2. The molecule has 1 amide bonds. The number of hydrogen-bond donors (Lipinski definition) is 1. The van der Waals surface area contributed by atoms with Gasteiger partial charge in [-0.05, 0) is 61.7 Å². The van der Waals surface area contributed by atoms with E-state index in [2.05, 4.69) is 16.3 Å². The van der Waals surface area contributed by atoms with Gasteiger partial charge >= 0.3 is 0 Å². The Kier molecular flexibility index (Phi) is 4.09. The fraction of sp³-hybridized carbons (Fsp3) is 0.278. The molecule has 1 aliphatic heterocycles. The number of hydrogen-bond acceptors (Lipinski definition) is 2. The fourth-order valence-electron chi connectivity index (χ4n) is 2.71. The highest BCUT2D eigenvalue weighted by Gasteiger charge is 2.14. The molecule has 3 nitrogen and oxygen atoms in total. The second-order valence-corrected chi connectivity index (χ2v) is 5.65. The molecule has 4 heteroatoms. The third kappa shape index (κ3) is 3.11. The van der Waals surface area contributed by atoms with E-state index >= 15 is 0 Å². The highest BCUT2D eigenvalue weighted by Crippen LogP contribution is 2.26. The summed E-state index contributed by atoms with van der Waals surface area (Å²) in [4.78, 5) is 14.6. The van der Waals surface area contributed by atoms with Crippen molar-refractivity contribution in [2.45, 2.75) is 19.8 Å². The van der Waals surface area contributed by atoms with Crippen LogP contribution in [-0.4, -0.2) is 19.0 Å². The largest absolute Gasteiger partial charge is 0.371 e. The van der Waals surface area contributed by atoms with Crippen molar-refractivity contribution in [2.75, 3.05) is 23.3 Å². The SMILES string of the molecule is Cc1ccc(N2CCCC2)cc1NC(=O)c1ccc(F)cc1. The van der Waals surface area contributed by atoms with Crippen LogP contribution >= 0.6 is 0 Å². The average Bonchev–Trinajstić information content (AvgIpc) is 3.04. The number of carbonyl (C=O) groups is 1. The van der Waals surface area contributed by atoms with E-state index < -0.39 is 0 Å². The third-order valence-corrected chi connectivity index (χ3v) is 4.05. The van der Waals surface area contributed by atoms with Crippen molar-refractivity contribution in [3.05, 3.63) is 59.4 Å². The minimum atomic E-state index is -0.344. The number of aryl methyl sites for hydroxylation is 1. The first-order valence-electron chi connectivity index (χ1n) is 7.56. The van der Waals surface area contributed by atoms with Gasteiger partial charge in [0.05, 0.1) is 0 Å². The molecule has 0 saturated carbocycles. The molecule has 2 aromatic rings. The van der Waals surface area contributed by atoms with Crippen molar-refractivity contribution in [2.24, 2.45) is 0 Å². The maximum atomic E-state index is 12.9. The molecule has 1 fully saturated rings. The van der Waals surface area contributed by atoms with Crippen LogP contribution in [-0.2, 0) is 0 Å². The van der Waals surface area contributed by atoms with Gasteiger partial charge in [-0.2, -0.15) is 0 Å². The fourth-order valence-corrected chi connectivity index (χ4v) is 2.71. The first-order chi connectivity index (χ1) is 10.6. The molecule has 114 valence electrons. The maximum Gasteiger partial charge on any atom is 0.255 e. The lowest BCUT2D eigenvalue weighted by molar-refractivity contribution is 0.102. The molecule has 22 heavy (non-hydrogen) atoms. The van der Waals surface area contributed by atoms with Gasteiger partial charge in [-0.25, -0.2) is 4.39 Å². The summed E-state index contributed by atoms with van der Waals surface area (Å²) >= 11 is 0. The Balaban J connectivity index is 1.80. The molecule has 0 bridgehead atoms. The number of rotatable bonds is 3. The Labute approximate surface area is 129 Å². The van der Waals surface area contributed by atoms with Crippen LogP contribution in [0.25, 0.3) is 0 Å². The monoisotopic (exact) mass is 298 g/mol. The summed E-state index contributed by atoms with van der Waals surface area (Å²) in [6, 6.07) is 11.7. The third-order valence-electron chi connectivity index (χ3n) is 4.05. The zero-order chi connectivity index (χ0) is 15.5. The van der Waals surface area contributed by atoms with E-state index in [0.717, 1.165) is 30.0 Å². The zero-order valence-corrected chi connectivity index (χ0v) is 12.6. The van der Waals surface area contributed by atoms with Crippen molar-refractivity contribution in [3.8, 4) is 0 Å². The van der Waals surface area contributed by atoms with Crippen molar-refractivity contribution in [1.82, 2.24) is 0 Å². The molecule has 0 radical (unpaired) electrons. The molecular formula is C18H19FN2O. The van der Waals surface area contributed by atoms with Crippen LogP contribution in [0.3, 0.4) is 0 Å². The highest BCUT2D eigenvalue weighted by atomic mass is 19.1. The van der Waals surface area contributed by atoms with Crippen molar-refractivity contribution < 1.29 is 9.18 Å². The minimum Gasteiger partial charge on any atom is -0.371 e. The second kappa shape index (κ2) is 6.18. The summed E-state index contributed by atoms with van der Waals surface area (Å²) in [5, 5.41) is 2.92. The number of halogens is 1. The Bertz CT molecular complexity index is 676. The minimum absolute atomic E-state index is 0.221. The Morgan fingerprint density at radius 3 is 2.45 bits per heavy atom. The standard InChI is InChI=1S/C18H19FN2O/c1-13-4-9-16(21-10-2-3-11-21)12-17(13)20-18(22)14-5-7-15(19)8-6-14/h4-9,12H,2-3,10-11H2,1H3,(H,20,22). The van der Waals surface area contributed by atoms with Crippen LogP contribution in [0.4, 0.5) is 15.8 Å². The first-order valence-corrected chi connectivity index (χ1v) is 7.56. The molecule has 1 aliphatic rings. The summed E-state index contributed by atoms with van der Waals surface area (Å²) in [5.41, 5.74) is 3.40. The number of benzene rings is 2. The van der Waals surface area contributed by atoms with Crippen LogP contribution in [0.15, 0.2) is 42.5 Å². The van der Waals surface area contributed by atoms with Gasteiger partial charge in [-0.3, -0.25) is 4.79 Å². The maximum absolute atomic E-state index is 12.9. The van der Waals surface area contributed by atoms with Crippen LogP contribution in [0.1, 0.15) is 28.8 Å². The van der Waals surface area contributed by atoms with E-state index in [1.165, 1.54) is 37.1 Å². The number of amides is 1. The van der Waals surface area contributed by atoms with Gasteiger partial charge in [-0.15, -0.1) is 0 Å². The quantitative estimate of drug-likeness (QED) is 0.929. The van der Waals surface area contributed by atoms with Crippen LogP contribution in [0.2, 0.25) is 0 Å². The molecule has 1 N–H and O–H groups in total. The molecule has 3 rings (SSSR count). The van der Waals surface area contributed by atoms with Crippen molar-refractivity contribution in [1.29, 1.82) is 0 Å².